The van der Waals surface area contributed by atoms with Crippen LogP contribution < -0.4 is 10.6 Å². The minimum Gasteiger partial charge on any atom is -0.337 e. The number of hydrogen-bond donors (Lipinski definition) is 2. The minimum atomic E-state index is 0.298. The molecule has 0 aliphatic carbocycles. The molecular weight excluding hydrogens is 166 g/mol. The van der Waals surface area contributed by atoms with E-state index in [-0.39, 0.29) is 0 Å². The monoisotopic (exact) mass is 185 g/mol. The highest BCUT2D eigenvalue weighted by Gasteiger charge is 2.42. The Morgan fingerprint density at radius 3 is 3.15 bits per heavy atom. The van der Waals surface area contributed by atoms with Crippen molar-refractivity contribution in [3.05, 3.63) is 0 Å². The van der Waals surface area contributed by atoms with Gasteiger partial charge in [-0.15, -0.1) is 0 Å². The molecule has 0 radical (unpaired) electrons. The van der Waals surface area contributed by atoms with Crippen molar-refractivity contribution in [1.29, 1.82) is 0 Å². The van der Waals surface area contributed by atoms with E-state index in [0.29, 0.717) is 12.5 Å². The Kier molecular flexibility index (Phi) is 3.16. The molecule has 2 unspecified atom stereocenters. The van der Waals surface area contributed by atoms with Gasteiger partial charge >= 0.3 is 0 Å². The van der Waals surface area contributed by atoms with Gasteiger partial charge in [0.25, 0.3) is 0 Å². The van der Waals surface area contributed by atoms with Crippen molar-refractivity contribution >= 4 is 0 Å². The lowest BCUT2D eigenvalue weighted by atomic mass is 10.4. The fourth-order valence-electron chi connectivity index (χ4n) is 1.84. The Morgan fingerprint density at radius 1 is 1.38 bits per heavy atom. The standard InChI is InChI=1S/C9H19N3O/c1-2-6-12-7-5-10-3-4-11-8-9(12)13-8/h8-11H,2-7H2,1H3. The number of hydrogen-bond acceptors (Lipinski definition) is 4. The summed E-state index contributed by atoms with van der Waals surface area (Å²) >= 11 is 0. The lowest BCUT2D eigenvalue weighted by molar-refractivity contribution is 0.174. The Bertz CT molecular complexity index is 165. The highest BCUT2D eigenvalue weighted by molar-refractivity contribution is 4.84. The lowest BCUT2D eigenvalue weighted by Crippen LogP contribution is -2.35. The quantitative estimate of drug-likeness (QED) is 0.573. The summed E-state index contributed by atoms with van der Waals surface area (Å²) in [4.78, 5) is 2.41. The number of nitrogens with one attached hydrogen (secondary N) is 2. The maximum Gasteiger partial charge on any atom is 0.153 e. The first kappa shape index (κ1) is 9.40. The van der Waals surface area contributed by atoms with E-state index < -0.39 is 0 Å². The molecule has 2 N–H and O–H groups in total. The molecule has 0 aromatic carbocycles. The average Bonchev–Trinajstić information content (AvgIpc) is 2.87. The third-order valence-corrected chi connectivity index (χ3v) is 2.56. The van der Waals surface area contributed by atoms with E-state index in [4.69, 9.17) is 4.74 Å². The molecule has 4 nitrogen and oxygen atoms in total. The summed E-state index contributed by atoms with van der Waals surface area (Å²) in [5.74, 6) is 0. The van der Waals surface area contributed by atoms with Crippen LogP contribution in [-0.2, 0) is 4.74 Å². The molecule has 2 atom stereocenters. The Balaban J connectivity index is 1.84. The molecule has 4 heteroatoms. The first-order valence-corrected chi connectivity index (χ1v) is 5.25. The topological polar surface area (TPSA) is 39.8 Å². The molecule has 0 saturated carbocycles. The van der Waals surface area contributed by atoms with Crippen molar-refractivity contribution in [1.82, 2.24) is 15.5 Å². The Hall–Kier alpha value is -0.160. The van der Waals surface area contributed by atoms with Gasteiger partial charge in [0.1, 0.15) is 0 Å². The first-order valence-electron chi connectivity index (χ1n) is 5.25. The van der Waals surface area contributed by atoms with E-state index >= 15 is 0 Å². The van der Waals surface area contributed by atoms with Crippen LogP contribution in [0.5, 0.6) is 0 Å². The van der Waals surface area contributed by atoms with E-state index in [0.717, 1.165) is 32.7 Å². The molecule has 0 aromatic heterocycles. The van der Waals surface area contributed by atoms with E-state index in [2.05, 4.69) is 22.5 Å². The molecule has 2 rings (SSSR count). The molecule has 2 saturated heterocycles. The van der Waals surface area contributed by atoms with E-state index in [1.807, 2.05) is 0 Å². The number of ether oxygens (including phenoxy) is 1. The van der Waals surface area contributed by atoms with Gasteiger partial charge in [0.2, 0.25) is 0 Å². The Labute approximate surface area is 79.6 Å². The fourth-order valence-corrected chi connectivity index (χ4v) is 1.84. The maximum absolute atomic E-state index is 5.55. The van der Waals surface area contributed by atoms with Gasteiger partial charge in [0, 0.05) is 32.7 Å². The first-order chi connectivity index (χ1) is 6.42. The van der Waals surface area contributed by atoms with E-state index in [1.165, 1.54) is 6.42 Å². The molecule has 2 fully saturated rings. The van der Waals surface area contributed by atoms with Gasteiger partial charge in [-0.2, -0.15) is 0 Å². The third kappa shape index (κ3) is 2.40. The molecule has 13 heavy (non-hydrogen) atoms. The van der Waals surface area contributed by atoms with Crippen LogP contribution in [0, 0.1) is 0 Å². The summed E-state index contributed by atoms with van der Waals surface area (Å²) in [7, 11) is 0. The predicted octanol–water partition coefficient (Wildman–Crippen LogP) is -0.426. The van der Waals surface area contributed by atoms with Crippen LogP contribution in [0.3, 0.4) is 0 Å². The van der Waals surface area contributed by atoms with Gasteiger partial charge in [-0.3, -0.25) is 10.2 Å². The summed E-state index contributed by atoms with van der Waals surface area (Å²) in [5, 5.41) is 6.76. The Morgan fingerprint density at radius 2 is 2.31 bits per heavy atom. The SMILES string of the molecule is CCCN1CCNCCNC2OC21. The van der Waals surface area contributed by atoms with E-state index in [9.17, 15) is 0 Å². The van der Waals surface area contributed by atoms with Crippen molar-refractivity contribution < 1.29 is 4.74 Å². The van der Waals surface area contributed by atoms with Gasteiger partial charge in [-0.1, -0.05) is 6.92 Å². The number of nitrogens with zero attached hydrogens (tertiary/aromatic N) is 1. The molecule has 0 amide bonds. The predicted molar refractivity (Wildman–Crippen MR) is 51.4 cm³/mol. The molecule has 2 heterocycles. The van der Waals surface area contributed by atoms with E-state index in [1.54, 1.807) is 0 Å². The van der Waals surface area contributed by atoms with Crippen LogP contribution in [0.4, 0.5) is 0 Å². The normalized spacial score (nSPS) is 35.8. The van der Waals surface area contributed by atoms with Crippen molar-refractivity contribution in [2.45, 2.75) is 25.8 Å². The van der Waals surface area contributed by atoms with Crippen LogP contribution in [-0.4, -0.2) is 50.1 Å². The summed E-state index contributed by atoms with van der Waals surface area (Å²) in [6.45, 7) is 7.61. The minimum absolute atomic E-state index is 0.298. The summed E-state index contributed by atoms with van der Waals surface area (Å²) in [5.41, 5.74) is 0. The average molecular weight is 185 g/mol. The van der Waals surface area contributed by atoms with Crippen LogP contribution in [0.15, 0.2) is 0 Å². The highest BCUT2D eigenvalue weighted by atomic mass is 16.6. The molecule has 2 aliphatic rings. The number of epoxide rings is 1. The zero-order valence-corrected chi connectivity index (χ0v) is 8.25. The second-order valence-corrected chi connectivity index (χ2v) is 3.69. The zero-order chi connectivity index (χ0) is 9.10. The molecule has 76 valence electrons. The van der Waals surface area contributed by atoms with Crippen LogP contribution in [0.1, 0.15) is 13.3 Å². The molecule has 0 aromatic rings. The summed E-state index contributed by atoms with van der Waals surface area (Å²) in [6, 6.07) is 0. The summed E-state index contributed by atoms with van der Waals surface area (Å²) < 4.78 is 5.55. The molecule has 0 bridgehead atoms. The van der Waals surface area contributed by atoms with Gasteiger partial charge in [-0.05, 0) is 6.42 Å². The van der Waals surface area contributed by atoms with Gasteiger partial charge in [0.05, 0.1) is 0 Å². The van der Waals surface area contributed by atoms with Crippen molar-refractivity contribution in [2.75, 3.05) is 32.7 Å². The molecule has 2 aliphatic heterocycles. The maximum atomic E-state index is 5.55. The fraction of sp³-hybridized carbons (Fsp3) is 1.00. The largest absolute Gasteiger partial charge is 0.337 e. The lowest BCUT2D eigenvalue weighted by Gasteiger charge is -2.18. The molecule has 0 spiro atoms. The van der Waals surface area contributed by atoms with Gasteiger partial charge < -0.3 is 10.1 Å². The van der Waals surface area contributed by atoms with Crippen molar-refractivity contribution in [3.8, 4) is 0 Å². The zero-order valence-electron chi connectivity index (χ0n) is 8.25. The van der Waals surface area contributed by atoms with Crippen LogP contribution >= 0.6 is 0 Å². The third-order valence-electron chi connectivity index (χ3n) is 2.56. The number of rotatable bonds is 2. The van der Waals surface area contributed by atoms with Gasteiger partial charge in [-0.25, -0.2) is 0 Å². The van der Waals surface area contributed by atoms with Crippen LogP contribution in [0.2, 0.25) is 0 Å². The summed E-state index contributed by atoms with van der Waals surface area (Å²) in [6.07, 6.45) is 1.85. The van der Waals surface area contributed by atoms with Crippen LogP contribution in [0.25, 0.3) is 0 Å². The van der Waals surface area contributed by atoms with Crippen molar-refractivity contribution in [2.24, 2.45) is 0 Å². The highest BCUT2D eigenvalue weighted by Crippen LogP contribution is 2.23. The second-order valence-electron chi connectivity index (χ2n) is 3.69. The second kappa shape index (κ2) is 4.37. The van der Waals surface area contributed by atoms with Gasteiger partial charge in [0.15, 0.2) is 12.5 Å². The number of fused-ring (bicyclic) bond motifs is 1. The molecular formula is C9H19N3O. The smallest absolute Gasteiger partial charge is 0.153 e. The van der Waals surface area contributed by atoms with Crippen molar-refractivity contribution in [3.63, 3.8) is 0 Å².